The fourth-order valence-electron chi connectivity index (χ4n) is 2.11. The zero-order valence-electron chi connectivity index (χ0n) is 9.20. The molecule has 3 rings (SSSR count). The van der Waals surface area contributed by atoms with Crippen LogP contribution in [0, 0.1) is 0 Å². The van der Waals surface area contributed by atoms with E-state index in [1.54, 1.807) is 0 Å². The molecular weight excluding hydrogens is 222 g/mol. The molecule has 1 saturated carbocycles. The number of hydrogen-bond acceptors (Lipinski definition) is 2. The maximum absolute atomic E-state index is 6.12. The van der Waals surface area contributed by atoms with Gasteiger partial charge in [0.1, 0.15) is 0 Å². The number of nitrogens with zero attached hydrogens (tertiary/aromatic N) is 2. The molecule has 1 heterocycles. The van der Waals surface area contributed by atoms with Crippen molar-refractivity contribution in [3.8, 4) is 0 Å². The molecule has 0 amide bonds. The Bertz CT molecular complexity index is 555. The van der Waals surface area contributed by atoms with E-state index in [1.807, 2.05) is 17.8 Å². The van der Waals surface area contributed by atoms with Crippen molar-refractivity contribution in [2.45, 2.75) is 24.8 Å². The van der Waals surface area contributed by atoms with Gasteiger partial charge in [-0.15, -0.1) is 0 Å². The van der Waals surface area contributed by atoms with Crippen molar-refractivity contribution >= 4 is 22.5 Å². The van der Waals surface area contributed by atoms with E-state index in [0.717, 1.165) is 30.2 Å². The van der Waals surface area contributed by atoms with E-state index in [4.69, 9.17) is 17.3 Å². The van der Waals surface area contributed by atoms with Gasteiger partial charge in [0, 0.05) is 18.0 Å². The van der Waals surface area contributed by atoms with Gasteiger partial charge >= 0.3 is 0 Å². The fourth-order valence-corrected chi connectivity index (χ4v) is 2.39. The van der Waals surface area contributed by atoms with Gasteiger partial charge in [-0.25, -0.2) is 0 Å². The van der Waals surface area contributed by atoms with Crippen LogP contribution < -0.4 is 5.73 Å². The molecule has 0 saturated heterocycles. The van der Waals surface area contributed by atoms with Gasteiger partial charge in [-0.05, 0) is 37.0 Å². The second-order valence-electron chi connectivity index (χ2n) is 4.81. The summed E-state index contributed by atoms with van der Waals surface area (Å²) < 4.78 is 1.82. The Labute approximate surface area is 99.2 Å². The Morgan fingerprint density at radius 3 is 2.94 bits per heavy atom. The minimum atomic E-state index is 0.0517. The van der Waals surface area contributed by atoms with Gasteiger partial charge in [-0.3, -0.25) is 4.68 Å². The molecule has 2 N–H and O–H groups in total. The summed E-state index contributed by atoms with van der Waals surface area (Å²) in [7, 11) is 1.91. The zero-order valence-corrected chi connectivity index (χ0v) is 9.96. The molecule has 4 heteroatoms. The van der Waals surface area contributed by atoms with Crippen LogP contribution in [0.15, 0.2) is 18.2 Å². The molecule has 0 spiro atoms. The molecule has 16 heavy (non-hydrogen) atoms. The van der Waals surface area contributed by atoms with Gasteiger partial charge < -0.3 is 5.73 Å². The van der Waals surface area contributed by atoms with Crippen LogP contribution in [0.3, 0.4) is 0 Å². The minimum Gasteiger partial charge on any atom is -0.325 e. The summed E-state index contributed by atoms with van der Waals surface area (Å²) in [4.78, 5) is 0. The lowest BCUT2D eigenvalue weighted by Gasteiger charge is -2.08. The van der Waals surface area contributed by atoms with Gasteiger partial charge in [0.25, 0.3) is 0 Å². The van der Waals surface area contributed by atoms with Crippen LogP contribution in [-0.4, -0.2) is 15.3 Å². The van der Waals surface area contributed by atoms with E-state index in [2.05, 4.69) is 17.2 Å². The van der Waals surface area contributed by atoms with Gasteiger partial charge in [0.2, 0.25) is 0 Å². The second-order valence-corrected chi connectivity index (χ2v) is 5.16. The topological polar surface area (TPSA) is 43.8 Å². The van der Waals surface area contributed by atoms with Crippen LogP contribution >= 0.6 is 11.6 Å². The highest BCUT2D eigenvalue weighted by Crippen LogP contribution is 2.36. The lowest BCUT2D eigenvalue weighted by atomic mass is 10.0. The highest BCUT2D eigenvalue weighted by Gasteiger charge is 2.37. The number of rotatable bonds is 2. The summed E-state index contributed by atoms with van der Waals surface area (Å²) in [5, 5.41) is 5.77. The van der Waals surface area contributed by atoms with Crippen LogP contribution in [0.2, 0.25) is 5.15 Å². The predicted molar refractivity (Wildman–Crippen MR) is 65.6 cm³/mol. The Hall–Kier alpha value is -1.06. The summed E-state index contributed by atoms with van der Waals surface area (Å²) in [5.41, 5.74) is 8.52. The second kappa shape index (κ2) is 3.22. The first kappa shape index (κ1) is 10.1. The van der Waals surface area contributed by atoms with Crippen LogP contribution in [0.25, 0.3) is 10.9 Å². The van der Waals surface area contributed by atoms with Crippen LogP contribution in [-0.2, 0) is 13.5 Å². The third-order valence-electron chi connectivity index (χ3n) is 3.32. The number of aromatic nitrogens is 2. The van der Waals surface area contributed by atoms with Crippen molar-refractivity contribution in [3.05, 3.63) is 28.9 Å². The van der Waals surface area contributed by atoms with Crippen LogP contribution in [0.4, 0.5) is 0 Å². The molecule has 0 unspecified atom stereocenters. The molecule has 0 radical (unpaired) electrons. The Balaban J connectivity index is 2.04. The standard InChI is InChI=1S/C12H14ClN3/c1-16-10-6-8(7-12(14)4-5-12)2-3-9(10)11(13)15-16/h2-3,6H,4-5,7,14H2,1H3. The van der Waals surface area contributed by atoms with Crippen LogP contribution in [0.5, 0.6) is 0 Å². The van der Waals surface area contributed by atoms with E-state index in [0.29, 0.717) is 5.15 Å². The third-order valence-corrected chi connectivity index (χ3v) is 3.60. The fraction of sp³-hybridized carbons (Fsp3) is 0.417. The van der Waals surface area contributed by atoms with Gasteiger partial charge in [-0.2, -0.15) is 5.10 Å². The molecule has 1 aliphatic carbocycles. The Kier molecular flexibility index (Phi) is 2.03. The SMILES string of the molecule is Cn1nc(Cl)c2ccc(CC3(N)CC3)cc21. The van der Waals surface area contributed by atoms with E-state index in [1.165, 1.54) is 5.56 Å². The average Bonchev–Trinajstić information content (AvgIpc) is 2.88. The summed E-state index contributed by atoms with van der Waals surface area (Å²) >= 11 is 6.02. The molecule has 1 aromatic heterocycles. The van der Waals surface area contributed by atoms with E-state index >= 15 is 0 Å². The summed E-state index contributed by atoms with van der Waals surface area (Å²) in [6, 6.07) is 6.27. The predicted octanol–water partition coefficient (Wildman–Crippen LogP) is 2.26. The maximum Gasteiger partial charge on any atom is 0.158 e. The lowest BCUT2D eigenvalue weighted by Crippen LogP contribution is -2.24. The summed E-state index contributed by atoms with van der Waals surface area (Å²) in [6.07, 6.45) is 3.22. The normalized spacial score (nSPS) is 17.9. The zero-order chi connectivity index (χ0) is 11.3. The van der Waals surface area contributed by atoms with E-state index in [-0.39, 0.29) is 5.54 Å². The summed E-state index contributed by atoms with van der Waals surface area (Å²) in [5.74, 6) is 0. The third kappa shape index (κ3) is 1.60. The molecule has 2 aromatic rings. The highest BCUT2D eigenvalue weighted by atomic mass is 35.5. The van der Waals surface area contributed by atoms with Gasteiger partial charge in [0.15, 0.2) is 5.15 Å². The first-order valence-corrected chi connectivity index (χ1v) is 5.85. The molecule has 3 nitrogen and oxygen atoms in total. The molecule has 0 bridgehead atoms. The number of nitrogens with two attached hydrogens (primary N) is 1. The monoisotopic (exact) mass is 235 g/mol. The van der Waals surface area contributed by atoms with Crippen molar-refractivity contribution in [2.75, 3.05) is 0 Å². The molecule has 1 aliphatic rings. The van der Waals surface area contributed by atoms with Gasteiger partial charge in [-0.1, -0.05) is 17.7 Å². The maximum atomic E-state index is 6.12. The number of hydrogen-bond donors (Lipinski definition) is 1. The number of halogens is 1. The lowest BCUT2D eigenvalue weighted by molar-refractivity contribution is 0.672. The first-order valence-electron chi connectivity index (χ1n) is 5.47. The van der Waals surface area contributed by atoms with Crippen molar-refractivity contribution in [2.24, 2.45) is 12.8 Å². The molecule has 0 aliphatic heterocycles. The average molecular weight is 236 g/mol. The summed E-state index contributed by atoms with van der Waals surface area (Å²) in [6.45, 7) is 0. The van der Waals surface area contributed by atoms with E-state index < -0.39 is 0 Å². The first-order chi connectivity index (χ1) is 7.57. The highest BCUT2D eigenvalue weighted by molar-refractivity contribution is 6.34. The molecular formula is C12H14ClN3. The largest absolute Gasteiger partial charge is 0.325 e. The molecule has 84 valence electrons. The quantitative estimate of drug-likeness (QED) is 0.868. The Morgan fingerprint density at radius 2 is 2.25 bits per heavy atom. The number of benzene rings is 1. The number of fused-ring (bicyclic) bond motifs is 1. The van der Waals surface area contributed by atoms with Crippen molar-refractivity contribution in [1.29, 1.82) is 0 Å². The smallest absolute Gasteiger partial charge is 0.158 e. The molecule has 1 fully saturated rings. The van der Waals surface area contributed by atoms with Gasteiger partial charge in [0.05, 0.1) is 5.52 Å². The number of aryl methyl sites for hydroxylation is 1. The minimum absolute atomic E-state index is 0.0517. The van der Waals surface area contributed by atoms with Crippen molar-refractivity contribution in [3.63, 3.8) is 0 Å². The van der Waals surface area contributed by atoms with Crippen molar-refractivity contribution in [1.82, 2.24) is 9.78 Å². The van der Waals surface area contributed by atoms with Crippen molar-refractivity contribution < 1.29 is 0 Å². The van der Waals surface area contributed by atoms with E-state index in [9.17, 15) is 0 Å². The van der Waals surface area contributed by atoms with Crippen LogP contribution in [0.1, 0.15) is 18.4 Å². The Morgan fingerprint density at radius 1 is 1.50 bits per heavy atom. The molecule has 1 aromatic carbocycles. The molecule has 0 atom stereocenters.